The predicted molar refractivity (Wildman–Crippen MR) is 61.9 cm³/mol. The van der Waals surface area contributed by atoms with Crippen LogP contribution in [0.4, 0.5) is 0 Å². The van der Waals surface area contributed by atoms with E-state index in [1.54, 1.807) is 0 Å². The van der Waals surface area contributed by atoms with Crippen LogP contribution in [0.5, 0.6) is 5.75 Å². The molecule has 1 aromatic carbocycles. The molecule has 1 aliphatic carbocycles. The Bertz CT molecular complexity index is 320. The zero-order valence-corrected chi connectivity index (χ0v) is 9.28. The smallest absolute Gasteiger partial charge is 0.119 e. The van der Waals surface area contributed by atoms with Crippen LogP contribution in [-0.4, -0.2) is 6.61 Å². The van der Waals surface area contributed by atoms with Gasteiger partial charge in [0.05, 0.1) is 6.61 Å². The van der Waals surface area contributed by atoms with Crippen molar-refractivity contribution in [1.29, 1.82) is 0 Å². The average molecular weight is 205 g/mol. The Hall–Kier alpha value is -1.02. The topological polar surface area (TPSA) is 35.2 Å². The first-order valence-corrected chi connectivity index (χ1v) is 5.79. The van der Waals surface area contributed by atoms with Crippen molar-refractivity contribution in [2.45, 2.75) is 32.2 Å². The monoisotopic (exact) mass is 205 g/mol. The molecule has 1 aliphatic rings. The second-order valence-electron chi connectivity index (χ2n) is 4.28. The first kappa shape index (κ1) is 10.5. The Labute approximate surface area is 91.4 Å². The minimum absolute atomic E-state index is 0.204. The van der Waals surface area contributed by atoms with E-state index in [9.17, 15) is 0 Å². The molecular formula is C13H19NO. The van der Waals surface area contributed by atoms with E-state index in [4.69, 9.17) is 10.5 Å². The van der Waals surface area contributed by atoms with Crippen molar-refractivity contribution in [2.24, 2.45) is 11.7 Å². The second-order valence-corrected chi connectivity index (χ2v) is 4.28. The molecule has 0 aliphatic heterocycles. The van der Waals surface area contributed by atoms with E-state index in [1.165, 1.54) is 18.4 Å². The molecule has 1 aromatic rings. The summed E-state index contributed by atoms with van der Waals surface area (Å²) in [4.78, 5) is 0. The molecule has 2 N–H and O–H groups in total. The summed E-state index contributed by atoms with van der Waals surface area (Å²) < 4.78 is 5.59. The molecule has 0 heterocycles. The van der Waals surface area contributed by atoms with Crippen LogP contribution < -0.4 is 10.5 Å². The Morgan fingerprint density at radius 1 is 1.47 bits per heavy atom. The lowest BCUT2D eigenvalue weighted by atomic mass is 10.0. The lowest BCUT2D eigenvalue weighted by Crippen LogP contribution is -2.12. The summed E-state index contributed by atoms with van der Waals surface area (Å²) in [5.74, 6) is 1.65. The number of rotatable bonds is 5. The van der Waals surface area contributed by atoms with E-state index in [0.29, 0.717) is 5.92 Å². The van der Waals surface area contributed by atoms with E-state index in [2.05, 4.69) is 19.1 Å². The standard InChI is InChI=1S/C13H19NO/c1-2-8-15-12-5-3-4-11(9-12)13(14)10-6-7-10/h3-5,9-10,13H,2,6-8,14H2,1H3. The lowest BCUT2D eigenvalue weighted by Gasteiger charge is -2.12. The average Bonchev–Trinajstić information content (AvgIpc) is 3.09. The third-order valence-corrected chi connectivity index (χ3v) is 2.85. The summed E-state index contributed by atoms with van der Waals surface area (Å²) >= 11 is 0. The van der Waals surface area contributed by atoms with Gasteiger partial charge in [-0.25, -0.2) is 0 Å². The van der Waals surface area contributed by atoms with Gasteiger partial charge in [-0.2, -0.15) is 0 Å². The Kier molecular flexibility index (Phi) is 3.27. The molecule has 0 bridgehead atoms. The maximum atomic E-state index is 6.14. The molecule has 82 valence electrons. The molecule has 0 amide bonds. The van der Waals surface area contributed by atoms with Crippen molar-refractivity contribution in [3.63, 3.8) is 0 Å². The van der Waals surface area contributed by atoms with Gasteiger partial charge < -0.3 is 10.5 Å². The van der Waals surface area contributed by atoms with Crippen molar-refractivity contribution in [2.75, 3.05) is 6.61 Å². The number of ether oxygens (including phenoxy) is 1. The summed E-state index contributed by atoms with van der Waals surface area (Å²) in [6.45, 7) is 2.89. The maximum absolute atomic E-state index is 6.14. The van der Waals surface area contributed by atoms with Crippen LogP contribution in [0, 0.1) is 5.92 Å². The second kappa shape index (κ2) is 4.67. The Balaban J connectivity index is 2.04. The highest BCUT2D eigenvalue weighted by atomic mass is 16.5. The molecule has 15 heavy (non-hydrogen) atoms. The van der Waals surface area contributed by atoms with E-state index < -0.39 is 0 Å². The summed E-state index contributed by atoms with van der Waals surface area (Å²) in [5.41, 5.74) is 7.36. The minimum atomic E-state index is 0.204. The van der Waals surface area contributed by atoms with Gasteiger partial charge in [-0.1, -0.05) is 19.1 Å². The molecule has 0 radical (unpaired) electrons. The van der Waals surface area contributed by atoms with E-state index in [1.807, 2.05) is 12.1 Å². The van der Waals surface area contributed by atoms with Gasteiger partial charge in [0.15, 0.2) is 0 Å². The third kappa shape index (κ3) is 2.72. The van der Waals surface area contributed by atoms with Crippen LogP contribution in [-0.2, 0) is 0 Å². The lowest BCUT2D eigenvalue weighted by molar-refractivity contribution is 0.317. The number of hydrogen-bond acceptors (Lipinski definition) is 2. The summed E-state index contributed by atoms with van der Waals surface area (Å²) in [6, 6.07) is 8.41. The van der Waals surface area contributed by atoms with Crippen molar-refractivity contribution in [3.05, 3.63) is 29.8 Å². The number of nitrogens with two attached hydrogens (primary N) is 1. The normalized spacial score (nSPS) is 17.5. The molecule has 1 atom stereocenters. The van der Waals surface area contributed by atoms with Crippen LogP contribution in [0.25, 0.3) is 0 Å². The molecule has 0 saturated heterocycles. The van der Waals surface area contributed by atoms with Crippen molar-refractivity contribution in [1.82, 2.24) is 0 Å². The molecule has 2 heteroatoms. The Morgan fingerprint density at radius 2 is 2.27 bits per heavy atom. The fourth-order valence-corrected chi connectivity index (χ4v) is 1.76. The molecular weight excluding hydrogens is 186 g/mol. The minimum Gasteiger partial charge on any atom is -0.494 e. The highest BCUT2D eigenvalue weighted by molar-refractivity contribution is 5.31. The molecule has 1 fully saturated rings. The van der Waals surface area contributed by atoms with E-state index in [0.717, 1.165) is 18.8 Å². The zero-order chi connectivity index (χ0) is 10.7. The fourth-order valence-electron chi connectivity index (χ4n) is 1.76. The zero-order valence-electron chi connectivity index (χ0n) is 9.28. The molecule has 2 rings (SSSR count). The van der Waals surface area contributed by atoms with Gasteiger partial charge in [0, 0.05) is 6.04 Å². The van der Waals surface area contributed by atoms with Crippen molar-refractivity contribution >= 4 is 0 Å². The summed E-state index contributed by atoms with van der Waals surface area (Å²) in [6.07, 6.45) is 3.60. The molecule has 0 aromatic heterocycles. The SMILES string of the molecule is CCCOc1cccc(C(N)C2CC2)c1. The van der Waals surface area contributed by atoms with Crippen molar-refractivity contribution in [3.8, 4) is 5.75 Å². The highest BCUT2D eigenvalue weighted by Crippen LogP contribution is 2.39. The summed E-state index contributed by atoms with van der Waals surface area (Å²) in [5, 5.41) is 0. The van der Waals surface area contributed by atoms with Gasteiger partial charge in [-0.15, -0.1) is 0 Å². The maximum Gasteiger partial charge on any atom is 0.119 e. The van der Waals surface area contributed by atoms with Gasteiger partial charge in [0.25, 0.3) is 0 Å². The van der Waals surface area contributed by atoms with E-state index >= 15 is 0 Å². The van der Waals surface area contributed by atoms with Gasteiger partial charge in [0.2, 0.25) is 0 Å². The first-order chi connectivity index (χ1) is 7.31. The number of benzene rings is 1. The molecule has 2 nitrogen and oxygen atoms in total. The predicted octanol–water partition coefficient (Wildman–Crippen LogP) is 2.89. The van der Waals surface area contributed by atoms with Gasteiger partial charge in [-0.05, 0) is 42.9 Å². The molecule has 0 spiro atoms. The molecule has 1 saturated carbocycles. The van der Waals surface area contributed by atoms with Crippen LogP contribution in [0.2, 0.25) is 0 Å². The fraction of sp³-hybridized carbons (Fsp3) is 0.538. The van der Waals surface area contributed by atoms with Crippen molar-refractivity contribution < 1.29 is 4.74 Å². The quantitative estimate of drug-likeness (QED) is 0.802. The van der Waals surface area contributed by atoms with Gasteiger partial charge >= 0.3 is 0 Å². The van der Waals surface area contributed by atoms with Crippen LogP contribution in [0.15, 0.2) is 24.3 Å². The Morgan fingerprint density at radius 3 is 2.93 bits per heavy atom. The summed E-state index contributed by atoms with van der Waals surface area (Å²) in [7, 11) is 0. The largest absolute Gasteiger partial charge is 0.494 e. The van der Waals surface area contributed by atoms with E-state index in [-0.39, 0.29) is 6.04 Å². The van der Waals surface area contributed by atoms with Crippen LogP contribution in [0.3, 0.4) is 0 Å². The van der Waals surface area contributed by atoms with Gasteiger partial charge in [-0.3, -0.25) is 0 Å². The third-order valence-electron chi connectivity index (χ3n) is 2.85. The highest BCUT2D eigenvalue weighted by Gasteiger charge is 2.29. The number of hydrogen-bond donors (Lipinski definition) is 1. The van der Waals surface area contributed by atoms with Crippen LogP contribution >= 0.6 is 0 Å². The molecule has 1 unspecified atom stereocenters. The van der Waals surface area contributed by atoms with Crippen LogP contribution in [0.1, 0.15) is 37.8 Å². The van der Waals surface area contributed by atoms with Gasteiger partial charge in [0.1, 0.15) is 5.75 Å². The first-order valence-electron chi connectivity index (χ1n) is 5.79.